The van der Waals surface area contributed by atoms with Gasteiger partial charge < -0.3 is 5.32 Å². The first-order valence-electron chi connectivity index (χ1n) is 6.38. The summed E-state index contributed by atoms with van der Waals surface area (Å²) in [6, 6.07) is 2.27. The summed E-state index contributed by atoms with van der Waals surface area (Å²) in [5.41, 5.74) is 1.08. The number of carbonyl (C=O) groups is 1. The quantitative estimate of drug-likeness (QED) is 0.733. The highest BCUT2D eigenvalue weighted by Crippen LogP contribution is 2.06. The molecule has 0 aliphatic carbocycles. The molecule has 19 heavy (non-hydrogen) atoms. The number of aromatic nitrogens is 2. The highest BCUT2D eigenvalue weighted by Gasteiger charge is 2.14. The summed E-state index contributed by atoms with van der Waals surface area (Å²) in [6.07, 6.45) is 4.10. The second-order valence-electron chi connectivity index (χ2n) is 4.78. The molecule has 0 fully saturated rings. The first-order chi connectivity index (χ1) is 9.02. The Balaban J connectivity index is 2.49. The third-order valence-corrected chi connectivity index (χ3v) is 2.78. The predicted molar refractivity (Wildman–Crippen MR) is 72.0 cm³/mol. The summed E-state index contributed by atoms with van der Waals surface area (Å²) in [4.78, 5) is 13.8. The van der Waals surface area contributed by atoms with Gasteiger partial charge in [-0.25, -0.2) is 0 Å². The Kier molecular flexibility index (Phi) is 6.03. The van der Waals surface area contributed by atoms with Crippen LogP contribution in [0, 0.1) is 11.3 Å². The first-order valence-corrected chi connectivity index (χ1v) is 6.38. The molecule has 0 bridgehead atoms. The molecule has 0 spiro atoms. The fourth-order valence-electron chi connectivity index (χ4n) is 1.71. The second kappa shape index (κ2) is 7.54. The molecule has 1 N–H and O–H groups in total. The molecule has 0 aliphatic heterocycles. The molecule has 0 saturated heterocycles. The van der Waals surface area contributed by atoms with Crippen LogP contribution in [0.2, 0.25) is 0 Å². The van der Waals surface area contributed by atoms with E-state index in [4.69, 9.17) is 5.26 Å². The highest BCUT2D eigenvalue weighted by atomic mass is 16.2. The van der Waals surface area contributed by atoms with Crippen LogP contribution >= 0.6 is 0 Å². The van der Waals surface area contributed by atoms with E-state index in [1.54, 1.807) is 4.68 Å². The molecule has 0 unspecified atom stereocenters. The molecule has 1 aromatic heterocycles. The molecular weight excluding hydrogens is 242 g/mol. The minimum absolute atomic E-state index is 0.0483. The zero-order valence-corrected chi connectivity index (χ0v) is 11.8. The van der Waals surface area contributed by atoms with E-state index in [9.17, 15) is 4.79 Å². The summed E-state index contributed by atoms with van der Waals surface area (Å²) >= 11 is 0. The predicted octanol–water partition coefficient (Wildman–Crippen LogP) is 0.660. The largest absolute Gasteiger partial charge is 0.354 e. The van der Waals surface area contributed by atoms with Crippen LogP contribution in [0.25, 0.3) is 0 Å². The molecule has 1 heterocycles. The van der Waals surface area contributed by atoms with E-state index in [0.29, 0.717) is 26.1 Å². The lowest BCUT2D eigenvalue weighted by Gasteiger charge is -2.25. The number of nitrogens with one attached hydrogen (secondary N) is 1. The average Bonchev–Trinajstić information content (AvgIpc) is 2.74. The number of aryl methyl sites for hydroxylation is 1. The van der Waals surface area contributed by atoms with Crippen LogP contribution in [-0.2, 0) is 18.4 Å². The number of hydrogen-bond acceptors (Lipinski definition) is 4. The van der Waals surface area contributed by atoms with Gasteiger partial charge in [-0.1, -0.05) is 0 Å². The van der Waals surface area contributed by atoms with Gasteiger partial charge in [-0.2, -0.15) is 10.4 Å². The molecule has 0 saturated carbocycles. The van der Waals surface area contributed by atoms with Crippen molar-refractivity contribution in [1.82, 2.24) is 20.0 Å². The SMILES string of the molecule is CC(C)N(CC(=O)NCCC#N)Cc1cnn(C)c1. The zero-order chi connectivity index (χ0) is 14.3. The van der Waals surface area contributed by atoms with Crippen molar-refractivity contribution in [3.8, 4) is 6.07 Å². The Labute approximate surface area is 114 Å². The van der Waals surface area contributed by atoms with Crippen LogP contribution < -0.4 is 5.32 Å². The summed E-state index contributed by atoms with van der Waals surface area (Å²) in [7, 11) is 1.87. The number of rotatable bonds is 7. The van der Waals surface area contributed by atoms with Crippen molar-refractivity contribution in [1.29, 1.82) is 5.26 Å². The normalized spacial score (nSPS) is 10.7. The fraction of sp³-hybridized carbons (Fsp3) is 0.615. The van der Waals surface area contributed by atoms with Gasteiger partial charge in [-0.3, -0.25) is 14.4 Å². The summed E-state index contributed by atoms with van der Waals surface area (Å²) in [5, 5.41) is 15.3. The van der Waals surface area contributed by atoms with E-state index >= 15 is 0 Å². The van der Waals surface area contributed by atoms with Crippen LogP contribution in [0.3, 0.4) is 0 Å². The van der Waals surface area contributed by atoms with Crippen LogP contribution in [0.1, 0.15) is 25.8 Å². The van der Waals surface area contributed by atoms with Gasteiger partial charge in [0.2, 0.25) is 5.91 Å². The van der Waals surface area contributed by atoms with Crippen molar-refractivity contribution in [2.45, 2.75) is 32.9 Å². The van der Waals surface area contributed by atoms with E-state index < -0.39 is 0 Å². The van der Waals surface area contributed by atoms with Crippen molar-refractivity contribution < 1.29 is 4.79 Å². The van der Waals surface area contributed by atoms with Gasteiger partial charge in [-0.15, -0.1) is 0 Å². The van der Waals surface area contributed by atoms with Crippen LogP contribution in [-0.4, -0.2) is 39.7 Å². The Bertz CT molecular complexity index is 446. The Morgan fingerprint density at radius 3 is 2.89 bits per heavy atom. The Morgan fingerprint density at radius 2 is 2.37 bits per heavy atom. The number of nitriles is 1. The van der Waals surface area contributed by atoms with E-state index in [0.717, 1.165) is 5.56 Å². The van der Waals surface area contributed by atoms with E-state index in [1.807, 2.05) is 25.5 Å². The lowest BCUT2D eigenvalue weighted by molar-refractivity contribution is -0.122. The highest BCUT2D eigenvalue weighted by molar-refractivity contribution is 5.78. The molecule has 6 nitrogen and oxygen atoms in total. The molecule has 1 rings (SSSR count). The van der Waals surface area contributed by atoms with Gasteiger partial charge in [-0.05, 0) is 13.8 Å². The van der Waals surface area contributed by atoms with Gasteiger partial charge in [0.1, 0.15) is 0 Å². The van der Waals surface area contributed by atoms with Gasteiger partial charge in [0, 0.05) is 37.9 Å². The van der Waals surface area contributed by atoms with Crippen LogP contribution in [0.4, 0.5) is 0 Å². The van der Waals surface area contributed by atoms with Crippen molar-refractivity contribution in [3.63, 3.8) is 0 Å². The average molecular weight is 263 g/mol. The van der Waals surface area contributed by atoms with Crippen LogP contribution in [0.5, 0.6) is 0 Å². The van der Waals surface area contributed by atoms with Crippen molar-refractivity contribution >= 4 is 5.91 Å². The smallest absolute Gasteiger partial charge is 0.234 e. The van der Waals surface area contributed by atoms with Gasteiger partial charge in [0.05, 0.1) is 25.2 Å². The van der Waals surface area contributed by atoms with Crippen molar-refractivity contribution in [2.24, 2.45) is 7.05 Å². The standard InChI is InChI=1S/C13H21N5O/c1-11(2)18(9-12-7-16-17(3)8-12)10-13(19)15-6-4-5-14/h7-8,11H,4,6,9-10H2,1-3H3,(H,15,19). The summed E-state index contributed by atoms with van der Waals surface area (Å²) in [6.45, 7) is 5.54. The first kappa shape index (κ1) is 15.2. The summed E-state index contributed by atoms with van der Waals surface area (Å²) in [5.74, 6) is -0.0483. The lowest BCUT2D eigenvalue weighted by atomic mass is 10.2. The van der Waals surface area contributed by atoms with Gasteiger partial charge in [0.15, 0.2) is 0 Å². The third-order valence-electron chi connectivity index (χ3n) is 2.78. The van der Waals surface area contributed by atoms with E-state index in [2.05, 4.69) is 29.2 Å². The van der Waals surface area contributed by atoms with Crippen molar-refractivity contribution in [2.75, 3.05) is 13.1 Å². The summed E-state index contributed by atoms with van der Waals surface area (Å²) < 4.78 is 1.75. The number of nitrogens with zero attached hydrogens (tertiary/aromatic N) is 4. The molecule has 0 atom stereocenters. The molecular formula is C13H21N5O. The maximum Gasteiger partial charge on any atom is 0.234 e. The van der Waals surface area contributed by atoms with Crippen molar-refractivity contribution in [3.05, 3.63) is 18.0 Å². The lowest BCUT2D eigenvalue weighted by Crippen LogP contribution is -2.40. The fourth-order valence-corrected chi connectivity index (χ4v) is 1.71. The minimum Gasteiger partial charge on any atom is -0.354 e. The molecule has 1 amide bonds. The molecule has 6 heteroatoms. The van der Waals surface area contributed by atoms with Gasteiger partial charge in [0.25, 0.3) is 0 Å². The Morgan fingerprint density at radius 1 is 1.63 bits per heavy atom. The number of carbonyl (C=O) groups excluding carboxylic acids is 1. The molecule has 0 aromatic carbocycles. The molecule has 0 radical (unpaired) electrons. The maximum absolute atomic E-state index is 11.7. The molecule has 104 valence electrons. The van der Waals surface area contributed by atoms with E-state index in [1.165, 1.54) is 0 Å². The van der Waals surface area contributed by atoms with E-state index in [-0.39, 0.29) is 11.9 Å². The second-order valence-corrected chi connectivity index (χ2v) is 4.78. The zero-order valence-electron chi connectivity index (χ0n) is 11.8. The molecule has 1 aromatic rings. The number of amides is 1. The van der Waals surface area contributed by atoms with Crippen LogP contribution in [0.15, 0.2) is 12.4 Å². The van der Waals surface area contributed by atoms with Gasteiger partial charge >= 0.3 is 0 Å². The monoisotopic (exact) mass is 263 g/mol. The maximum atomic E-state index is 11.7. The Hall–Kier alpha value is -1.87. The third kappa shape index (κ3) is 5.53. The molecule has 0 aliphatic rings. The number of hydrogen-bond donors (Lipinski definition) is 1. The topological polar surface area (TPSA) is 74.0 Å². The minimum atomic E-state index is -0.0483.